The van der Waals surface area contributed by atoms with Crippen molar-refractivity contribution in [3.63, 3.8) is 0 Å². The number of carbonyl (C=O) groups excluding carboxylic acids is 1. The van der Waals surface area contributed by atoms with Crippen LogP contribution in [0.3, 0.4) is 0 Å². The van der Waals surface area contributed by atoms with Gasteiger partial charge in [0.05, 0.1) is 13.2 Å². The molecule has 0 aliphatic rings. The summed E-state index contributed by atoms with van der Waals surface area (Å²) in [5, 5.41) is 0. The van der Waals surface area contributed by atoms with Gasteiger partial charge in [0.25, 0.3) is 5.91 Å². The number of rotatable bonds is 7. The van der Waals surface area contributed by atoms with Crippen LogP contribution in [0, 0.1) is 5.92 Å². The summed E-state index contributed by atoms with van der Waals surface area (Å²) in [7, 11) is 1.64. The Morgan fingerprint density at radius 2 is 1.78 bits per heavy atom. The van der Waals surface area contributed by atoms with E-state index in [1.54, 1.807) is 19.2 Å². The molecule has 2 aromatic rings. The molecule has 0 aliphatic heterocycles. The van der Waals surface area contributed by atoms with Crippen molar-refractivity contribution in [2.75, 3.05) is 7.11 Å². The summed E-state index contributed by atoms with van der Waals surface area (Å²) in [5.74, 6) is 0.770. The van der Waals surface area contributed by atoms with Crippen molar-refractivity contribution < 1.29 is 9.53 Å². The second kappa shape index (κ2) is 8.15. The van der Waals surface area contributed by atoms with E-state index in [1.165, 1.54) is 0 Å². The zero-order valence-electron chi connectivity index (χ0n) is 13.5. The van der Waals surface area contributed by atoms with Gasteiger partial charge in [0.1, 0.15) is 5.75 Å². The van der Waals surface area contributed by atoms with Gasteiger partial charge in [0.15, 0.2) is 0 Å². The average molecular weight is 310 g/mol. The molecule has 0 unspecified atom stereocenters. The number of methoxy groups -OCH3 is 1. The van der Waals surface area contributed by atoms with Gasteiger partial charge in [-0.1, -0.05) is 43.3 Å². The van der Waals surface area contributed by atoms with Gasteiger partial charge in [-0.05, 0) is 35.7 Å². The summed E-state index contributed by atoms with van der Waals surface area (Å²) in [6.45, 7) is 5.89. The number of nitrogens with one attached hydrogen (secondary N) is 2. The monoisotopic (exact) mass is 310 g/mol. The molecule has 0 bridgehead atoms. The summed E-state index contributed by atoms with van der Waals surface area (Å²) in [4.78, 5) is 12.2. The predicted octanol–water partition coefficient (Wildman–Crippen LogP) is 3.49. The van der Waals surface area contributed by atoms with Gasteiger partial charge < -0.3 is 4.74 Å². The van der Waals surface area contributed by atoms with Gasteiger partial charge in [-0.3, -0.25) is 10.2 Å². The second-order valence-electron chi connectivity index (χ2n) is 5.31. The molecule has 0 saturated carbocycles. The van der Waals surface area contributed by atoms with Gasteiger partial charge >= 0.3 is 0 Å². The second-order valence-corrected chi connectivity index (χ2v) is 5.31. The Morgan fingerprint density at radius 1 is 1.13 bits per heavy atom. The van der Waals surface area contributed by atoms with E-state index in [1.807, 2.05) is 55.5 Å². The number of benzene rings is 2. The molecule has 0 radical (unpaired) electrons. The van der Waals surface area contributed by atoms with Crippen molar-refractivity contribution in [1.82, 2.24) is 10.9 Å². The van der Waals surface area contributed by atoms with Gasteiger partial charge in [-0.25, -0.2) is 5.43 Å². The smallest absolute Gasteiger partial charge is 0.265 e. The van der Waals surface area contributed by atoms with Crippen LogP contribution in [0.1, 0.15) is 28.9 Å². The lowest BCUT2D eigenvalue weighted by atomic mass is 9.95. The molecular formula is C19H22N2O2. The van der Waals surface area contributed by atoms with Crippen molar-refractivity contribution in [2.24, 2.45) is 5.92 Å². The van der Waals surface area contributed by atoms with Crippen LogP contribution in [0.25, 0.3) is 0 Å². The van der Waals surface area contributed by atoms with Gasteiger partial charge in [0, 0.05) is 5.56 Å². The third kappa shape index (κ3) is 4.44. The van der Waals surface area contributed by atoms with E-state index in [0.29, 0.717) is 5.56 Å². The van der Waals surface area contributed by atoms with Gasteiger partial charge in [-0.2, -0.15) is 0 Å². The molecule has 0 fully saturated rings. The number of carbonyl (C=O) groups is 1. The highest BCUT2D eigenvalue weighted by Gasteiger charge is 2.18. The average Bonchev–Trinajstić information content (AvgIpc) is 2.62. The van der Waals surface area contributed by atoms with Crippen LogP contribution < -0.4 is 15.6 Å². The van der Waals surface area contributed by atoms with Crippen LogP contribution in [-0.2, 0) is 0 Å². The molecule has 2 atom stereocenters. The third-order valence-electron chi connectivity index (χ3n) is 3.75. The minimum Gasteiger partial charge on any atom is -0.497 e. The Labute approximate surface area is 137 Å². The SMILES string of the molecule is C=C[C@H](C)[C@H](NNC(=O)c1ccccc1)c1ccc(OC)cc1. The van der Waals surface area contributed by atoms with E-state index < -0.39 is 0 Å². The Balaban J connectivity index is 2.09. The van der Waals surface area contributed by atoms with Crippen LogP contribution in [0.2, 0.25) is 0 Å². The maximum absolute atomic E-state index is 12.2. The first kappa shape index (κ1) is 16.8. The van der Waals surface area contributed by atoms with E-state index in [0.717, 1.165) is 11.3 Å². The molecule has 120 valence electrons. The molecule has 0 heterocycles. The summed E-state index contributed by atoms with van der Waals surface area (Å²) in [5.41, 5.74) is 7.54. The number of hydrazine groups is 1. The zero-order valence-corrected chi connectivity index (χ0v) is 13.5. The van der Waals surface area contributed by atoms with Crippen molar-refractivity contribution in [2.45, 2.75) is 13.0 Å². The maximum Gasteiger partial charge on any atom is 0.265 e. The van der Waals surface area contributed by atoms with E-state index in [-0.39, 0.29) is 17.9 Å². The van der Waals surface area contributed by atoms with Crippen LogP contribution in [0.15, 0.2) is 67.3 Å². The number of hydrogen-bond donors (Lipinski definition) is 2. The largest absolute Gasteiger partial charge is 0.497 e. The highest BCUT2D eigenvalue weighted by Crippen LogP contribution is 2.24. The summed E-state index contributed by atoms with van der Waals surface area (Å²) in [6.07, 6.45) is 1.86. The van der Waals surface area contributed by atoms with Crippen molar-refractivity contribution in [3.05, 3.63) is 78.4 Å². The van der Waals surface area contributed by atoms with Crippen LogP contribution in [-0.4, -0.2) is 13.0 Å². The van der Waals surface area contributed by atoms with Crippen molar-refractivity contribution >= 4 is 5.91 Å². The fourth-order valence-corrected chi connectivity index (χ4v) is 2.27. The normalized spacial score (nSPS) is 13.0. The van der Waals surface area contributed by atoms with E-state index >= 15 is 0 Å². The van der Waals surface area contributed by atoms with Crippen molar-refractivity contribution in [3.8, 4) is 5.75 Å². The number of amides is 1. The fourth-order valence-electron chi connectivity index (χ4n) is 2.27. The first-order valence-electron chi connectivity index (χ1n) is 7.53. The lowest BCUT2D eigenvalue weighted by Gasteiger charge is -2.24. The highest BCUT2D eigenvalue weighted by atomic mass is 16.5. The van der Waals surface area contributed by atoms with E-state index in [2.05, 4.69) is 17.4 Å². The summed E-state index contributed by atoms with van der Waals surface area (Å²) < 4.78 is 5.18. The Bertz CT molecular complexity index is 638. The lowest BCUT2D eigenvalue weighted by Crippen LogP contribution is -2.42. The minimum absolute atomic E-state index is 0.0777. The maximum atomic E-state index is 12.2. The number of hydrogen-bond acceptors (Lipinski definition) is 3. The first-order valence-corrected chi connectivity index (χ1v) is 7.53. The quantitative estimate of drug-likeness (QED) is 0.608. The van der Waals surface area contributed by atoms with Gasteiger partial charge in [0.2, 0.25) is 0 Å². The molecule has 4 nitrogen and oxygen atoms in total. The first-order chi connectivity index (χ1) is 11.2. The molecule has 0 spiro atoms. The predicted molar refractivity (Wildman–Crippen MR) is 92.1 cm³/mol. The molecule has 2 aromatic carbocycles. The summed E-state index contributed by atoms with van der Waals surface area (Å²) in [6, 6.07) is 16.8. The molecule has 2 N–H and O–H groups in total. The van der Waals surface area contributed by atoms with E-state index in [4.69, 9.17) is 4.74 Å². The molecule has 0 aliphatic carbocycles. The highest BCUT2D eigenvalue weighted by molar-refractivity contribution is 5.93. The molecular weight excluding hydrogens is 288 g/mol. The third-order valence-corrected chi connectivity index (χ3v) is 3.75. The summed E-state index contributed by atoms with van der Waals surface area (Å²) >= 11 is 0. The lowest BCUT2D eigenvalue weighted by molar-refractivity contribution is 0.0921. The molecule has 0 aromatic heterocycles. The van der Waals surface area contributed by atoms with Crippen LogP contribution in [0.5, 0.6) is 5.75 Å². The molecule has 2 rings (SSSR count). The Kier molecular flexibility index (Phi) is 5.94. The van der Waals surface area contributed by atoms with Gasteiger partial charge in [-0.15, -0.1) is 6.58 Å². The molecule has 23 heavy (non-hydrogen) atoms. The Morgan fingerprint density at radius 3 is 2.35 bits per heavy atom. The standard InChI is InChI=1S/C19H22N2O2/c1-4-14(2)18(15-10-12-17(23-3)13-11-15)20-21-19(22)16-8-6-5-7-9-16/h4-14,18,20H,1H2,2-3H3,(H,21,22)/t14-,18-/m0/s1. The van der Waals surface area contributed by atoms with Crippen LogP contribution >= 0.6 is 0 Å². The fraction of sp³-hybridized carbons (Fsp3) is 0.211. The topological polar surface area (TPSA) is 50.4 Å². The van der Waals surface area contributed by atoms with Crippen LogP contribution in [0.4, 0.5) is 0 Å². The molecule has 0 saturated heterocycles. The minimum atomic E-state index is -0.166. The Hall–Kier alpha value is -2.59. The number of ether oxygens (including phenoxy) is 1. The molecule has 1 amide bonds. The zero-order chi connectivity index (χ0) is 16.7. The van der Waals surface area contributed by atoms with Crippen molar-refractivity contribution in [1.29, 1.82) is 0 Å². The molecule has 4 heteroatoms. The van der Waals surface area contributed by atoms with E-state index in [9.17, 15) is 4.79 Å².